The molecule has 5 nitrogen and oxygen atoms in total. The number of nitrogen functional groups attached to an aromatic ring is 1. The lowest BCUT2D eigenvalue weighted by Crippen LogP contribution is -2.32. The summed E-state index contributed by atoms with van der Waals surface area (Å²) < 4.78 is 22.8. The Labute approximate surface area is 102 Å². The molecule has 0 bridgehead atoms. The summed E-state index contributed by atoms with van der Waals surface area (Å²) in [5.41, 5.74) is 7.11. The number of anilines is 1. The SMILES string of the molecule is CN(Cc1ccc(N)cn1)C1CCS(=O)(=O)C1. The molecule has 0 radical (unpaired) electrons. The molecule has 2 heterocycles. The molecule has 1 aromatic heterocycles. The van der Waals surface area contributed by atoms with E-state index in [9.17, 15) is 8.42 Å². The van der Waals surface area contributed by atoms with Crippen molar-refractivity contribution in [3.8, 4) is 0 Å². The van der Waals surface area contributed by atoms with Crippen LogP contribution in [0.25, 0.3) is 0 Å². The Morgan fingerprint density at radius 2 is 2.29 bits per heavy atom. The van der Waals surface area contributed by atoms with E-state index < -0.39 is 9.84 Å². The second-order valence-corrected chi connectivity index (χ2v) is 6.78. The van der Waals surface area contributed by atoms with E-state index in [1.807, 2.05) is 24.1 Å². The predicted octanol–water partition coefficient (Wildman–Crippen LogP) is 0.283. The molecule has 94 valence electrons. The van der Waals surface area contributed by atoms with Gasteiger partial charge in [0.2, 0.25) is 0 Å². The normalized spacial score (nSPS) is 23.1. The van der Waals surface area contributed by atoms with Gasteiger partial charge in [-0.2, -0.15) is 0 Å². The van der Waals surface area contributed by atoms with Crippen LogP contribution in [-0.4, -0.2) is 42.9 Å². The second-order valence-electron chi connectivity index (χ2n) is 4.55. The molecule has 1 aliphatic rings. The van der Waals surface area contributed by atoms with Crippen LogP contribution < -0.4 is 5.73 Å². The number of rotatable bonds is 3. The Bertz CT molecular complexity index is 484. The van der Waals surface area contributed by atoms with Gasteiger partial charge >= 0.3 is 0 Å². The maximum absolute atomic E-state index is 11.4. The quantitative estimate of drug-likeness (QED) is 0.839. The van der Waals surface area contributed by atoms with E-state index in [4.69, 9.17) is 5.73 Å². The van der Waals surface area contributed by atoms with Crippen LogP contribution in [0.15, 0.2) is 18.3 Å². The lowest BCUT2D eigenvalue weighted by molar-refractivity contribution is 0.251. The summed E-state index contributed by atoms with van der Waals surface area (Å²) in [4.78, 5) is 6.25. The van der Waals surface area contributed by atoms with Crippen LogP contribution >= 0.6 is 0 Å². The zero-order chi connectivity index (χ0) is 12.5. The van der Waals surface area contributed by atoms with Gasteiger partial charge in [0.05, 0.1) is 29.1 Å². The molecule has 2 N–H and O–H groups in total. The standard InChI is InChI=1S/C11H17N3O2S/c1-14(11-4-5-17(15,16)8-11)7-10-3-2-9(12)6-13-10/h2-3,6,11H,4-5,7-8,12H2,1H3. The van der Waals surface area contributed by atoms with Crippen LogP contribution in [0.1, 0.15) is 12.1 Å². The third-order valence-electron chi connectivity index (χ3n) is 3.09. The van der Waals surface area contributed by atoms with Crippen LogP contribution in [0, 0.1) is 0 Å². The molecule has 0 amide bonds. The van der Waals surface area contributed by atoms with Crippen LogP contribution in [0.4, 0.5) is 5.69 Å². The maximum Gasteiger partial charge on any atom is 0.151 e. The Morgan fingerprint density at radius 3 is 2.82 bits per heavy atom. The van der Waals surface area contributed by atoms with Gasteiger partial charge in [-0.3, -0.25) is 9.88 Å². The Hall–Kier alpha value is -1.14. The molecule has 2 rings (SSSR count). The van der Waals surface area contributed by atoms with Crippen LogP contribution in [0.3, 0.4) is 0 Å². The van der Waals surface area contributed by atoms with Crippen LogP contribution in [-0.2, 0) is 16.4 Å². The number of hydrogen-bond donors (Lipinski definition) is 1. The first-order chi connectivity index (χ1) is 7.96. The van der Waals surface area contributed by atoms with Crippen molar-refractivity contribution in [2.75, 3.05) is 24.3 Å². The summed E-state index contributed by atoms with van der Waals surface area (Å²) in [6.07, 6.45) is 2.34. The van der Waals surface area contributed by atoms with Crippen molar-refractivity contribution in [3.63, 3.8) is 0 Å². The van der Waals surface area contributed by atoms with Gasteiger partial charge in [-0.15, -0.1) is 0 Å². The average molecular weight is 255 g/mol. The highest BCUT2D eigenvalue weighted by Crippen LogP contribution is 2.18. The number of hydrogen-bond acceptors (Lipinski definition) is 5. The number of pyridine rings is 1. The van der Waals surface area contributed by atoms with Gasteiger partial charge < -0.3 is 5.73 Å². The molecule has 1 saturated heterocycles. The molecule has 0 aliphatic carbocycles. The highest BCUT2D eigenvalue weighted by atomic mass is 32.2. The van der Waals surface area contributed by atoms with Crippen LogP contribution in [0.5, 0.6) is 0 Å². The molecular formula is C11H17N3O2S. The number of nitrogens with zero attached hydrogens (tertiary/aromatic N) is 2. The molecule has 6 heteroatoms. The van der Waals surface area contributed by atoms with Crippen molar-refractivity contribution in [2.24, 2.45) is 0 Å². The van der Waals surface area contributed by atoms with E-state index in [2.05, 4.69) is 4.98 Å². The number of sulfone groups is 1. The van der Waals surface area contributed by atoms with Gasteiger partial charge in [0, 0.05) is 12.6 Å². The third kappa shape index (κ3) is 3.17. The fraction of sp³-hybridized carbons (Fsp3) is 0.545. The lowest BCUT2D eigenvalue weighted by Gasteiger charge is -2.22. The van der Waals surface area contributed by atoms with E-state index >= 15 is 0 Å². The number of nitrogens with two attached hydrogens (primary N) is 1. The Morgan fingerprint density at radius 1 is 1.53 bits per heavy atom. The monoisotopic (exact) mass is 255 g/mol. The Balaban J connectivity index is 1.98. The largest absolute Gasteiger partial charge is 0.397 e. The van der Waals surface area contributed by atoms with E-state index in [1.165, 1.54) is 0 Å². The van der Waals surface area contributed by atoms with Crippen molar-refractivity contribution >= 4 is 15.5 Å². The lowest BCUT2D eigenvalue weighted by atomic mass is 10.2. The fourth-order valence-corrected chi connectivity index (χ4v) is 3.84. The molecule has 0 saturated carbocycles. The first-order valence-electron chi connectivity index (χ1n) is 5.57. The third-order valence-corrected chi connectivity index (χ3v) is 4.84. The van der Waals surface area contributed by atoms with Gasteiger partial charge in [0.25, 0.3) is 0 Å². The van der Waals surface area contributed by atoms with E-state index in [0.29, 0.717) is 24.4 Å². The minimum absolute atomic E-state index is 0.111. The van der Waals surface area contributed by atoms with E-state index in [1.54, 1.807) is 6.20 Å². The van der Waals surface area contributed by atoms with Gasteiger partial charge in [-0.05, 0) is 25.6 Å². The van der Waals surface area contributed by atoms with Gasteiger partial charge in [-0.1, -0.05) is 0 Å². The summed E-state index contributed by atoms with van der Waals surface area (Å²) in [6, 6.07) is 3.79. The van der Waals surface area contributed by atoms with Gasteiger partial charge in [0.15, 0.2) is 9.84 Å². The van der Waals surface area contributed by atoms with Crippen molar-refractivity contribution in [2.45, 2.75) is 19.0 Å². The highest BCUT2D eigenvalue weighted by molar-refractivity contribution is 7.91. The maximum atomic E-state index is 11.4. The number of aromatic nitrogens is 1. The smallest absolute Gasteiger partial charge is 0.151 e. The molecule has 1 unspecified atom stereocenters. The summed E-state index contributed by atoms with van der Waals surface area (Å²) in [6.45, 7) is 0.653. The summed E-state index contributed by atoms with van der Waals surface area (Å²) in [5, 5.41) is 0. The molecule has 1 aliphatic heterocycles. The minimum Gasteiger partial charge on any atom is -0.397 e. The summed E-state index contributed by atoms with van der Waals surface area (Å²) in [7, 11) is -0.887. The van der Waals surface area contributed by atoms with Gasteiger partial charge in [-0.25, -0.2) is 8.42 Å². The molecule has 0 aromatic carbocycles. The fourth-order valence-electron chi connectivity index (χ4n) is 2.04. The second kappa shape index (κ2) is 4.62. The highest BCUT2D eigenvalue weighted by Gasteiger charge is 2.30. The van der Waals surface area contributed by atoms with Crippen molar-refractivity contribution < 1.29 is 8.42 Å². The molecule has 1 aromatic rings. The minimum atomic E-state index is -2.82. The first-order valence-corrected chi connectivity index (χ1v) is 7.39. The summed E-state index contributed by atoms with van der Waals surface area (Å²) in [5.74, 6) is 0.565. The first kappa shape index (κ1) is 12.3. The molecule has 17 heavy (non-hydrogen) atoms. The topological polar surface area (TPSA) is 76.3 Å². The van der Waals surface area contributed by atoms with E-state index in [0.717, 1.165) is 5.69 Å². The van der Waals surface area contributed by atoms with Crippen molar-refractivity contribution in [1.29, 1.82) is 0 Å². The van der Waals surface area contributed by atoms with Gasteiger partial charge in [0.1, 0.15) is 0 Å². The zero-order valence-electron chi connectivity index (χ0n) is 9.83. The molecule has 1 fully saturated rings. The molecular weight excluding hydrogens is 238 g/mol. The zero-order valence-corrected chi connectivity index (χ0v) is 10.7. The summed E-state index contributed by atoms with van der Waals surface area (Å²) >= 11 is 0. The molecule has 0 spiro atoms. The van der Waals surface area contributed by atoms with Crippen molar-refractivity contribution in [1.82, 2.24) is 9.88 Å². The molecule has 1 atom stereocenters. The van der Waals surface area contributed by atoms with Crippen molar-refractivity contribution in [3.05, 3.63) is 24.0 Å². The van der Waals surface area contributed by atoms with Crippen LogP contribution in [0.2, 0.25) is 0 Å². The predicted molar refractivity (Wildman–Crippen MR) is 67.2 cm³/mol. The average Bonchev–Trinajstić information content (AvgIpc) is 2.62. The van der Waals surface area contributed by atoms with E-state index in [-0.39, 0.29) is 11.8 Å². The Kier molecular flexibility index (Phi) is 3.35.